The molecule has 162 valence electrons. The molecule has 0 bridgehead atoms. The first-order valence-electron chi connectivity index (χ1n) is 10.2. The Morgan fingerprint density at radius 3 is 2.66 bits per heavy atom. The zero-order chi connectivity index (χ0) is 22.1. The van der Waals surface area contributed by atoms with Gasteiger partial charge in [0.25, 0.3) is 5.91 Å². The van der Waals surface area contributed by atoms with Crippen LogP contribution in [0.3, 0.4) is 0 Å². The molecule has 1 atom stereocenters. The van der Waals surface area contributed by atoms with Crippen LogP contribution in [0.4, 0.5) is 0 Å². The Hall–Kier alpha value is -2.75. The first kappa shape index (κ1) is 21.1. The van der Waals surface area contributed by atoms with Gasteiger partial charge in [0.05, 0.1) is 22.4 Å². The third-order valence-electron chi connectivity index (χ3n) is 5.39. The van der Waals surface area contributed by atoms with Crippen LogP contribution in [0.2, 0.25) is 0 Å². The van der Waals surface area contributed by atoms with Crippen molar-refractivity contribution < 1.29 is 4.79 Å². The summed E-state index contributed by atoms with van der Waals surface area (Å²) in [6.07, 6.45) is 0.735. The lowest BCUT2D eigenvalue weighted by molar-refractivity contribution is -0.130. The summed E-state index contributed by atoms with van der Waals surface area (Å²) in [7, 11) is 1.94. The van der Waals surface area contributed by atoms with E-state index in [-0.39, 0.29) is 17.7 Å². The van der Waals surface area contributed by atoms with Crippen LogP contribution in [0, 0.1) is 6.92 Å². The van der Waals surface area contributed by atoms with Crippen molar-refractivity contribution >= 4 is 46.1 Å². The summed E-state index contributed by atoms with van der Waals surface area (Å²) in [6, 6.07) is 16.2. The van der Waals surface area contributed by atoms with E-state index in [1.165, 1.54) is 11.8 Å². The van der Waals surface area contributed by atoms with Crippen molar-refractivity contribution in [2.24, 2.45) is 12.1 Å². The van der Waals surface area contributed by atoms with Crippen molar-refractivity contribution in [2.75, 3.05) is 5.75 Å². The molecule has 0 saturated carbocycles. The molecule has 0 saturated heterocycles. The van der Waals surface area contributed by atoms with Gasteiger partial charge < -0.3 is 4.57 Å². The number of aromatic nitrogens is 3. The maximum absolute atomic E-state index is 13.2. The van der Waals surface area contributed by atoms with Crippen LogP contribution in [0.15, 0.2) is 69.5 Å². The van der Waals surface area contributed by atoms with Crippen LogP contribution in [0.25, 0.3) is 11.4 Å². The van der Waals surface area contributed by atoms with E-state index in [2.05, 4.69) is 35.3 Å². The van der Waals surface area contributed by atoms with Crippen LogP contribution in [0.5, 0.6) is 0 Å². The molecule has 1 aliphatic rings. The van der Waals surface area contributed by atoms with Crippen LogP contribution < -0.4 is 0 Å². The van der Waals surface area contributed by atoms with Crippen molar-refractivity contribution in [2.45, 2.75) is 24.5 Å². The highest BCUT2D eigenvalue weighted by Crippen LogP contribution is 2.36. The second kappa shape index (κ2) is 9.01. The van der Waals surface area contributed by atoms with Gasteiger partial charge in [0.2, 0.25) is 0 Å². The van der Waals surface area contributed by atoms with E-state index in [0.717, 1.165) is 38.8 Å². The fourth-order valence-corrected chi connectivity index (χ4v) is 6.02. The molecule has 5 rings (SSSR count). The molecule has 0 fully saturated rings. The topological polar surface area (TPSA) is 63.4 Å². The summed E-state index contributed by atoms with van der Waals surface area (Å²) in [4.78, 5) is 15.5. The predicted octanol–water partition coefficient (Wildman–Crippen LogP) is 5.38. The van der Waals surface area contributed by atoms with E-state index in [4.69, 9.17) is 5.10 Å². The Balaban J connectivity index is 1.34. The van der Waals surface area contributed by atoms with Crippen molar-refractivity contribution in [3.63, 3.8) is 0 Å². The smallest absolute Gasteiger partial charge is 0.253 e. The highest BCUT2D eigenvalue weighted by Gasteiger charge is 2.34. The number of carbonyl (C=O) groups is 1. The molecule has 0 spiro atoms. The third kappa shape index (κ3) is 4.03. The maximum atomic E-state index is 13.2. The van der Waals surface area contributed by atoms with Crippen LogP contribution >= 0.6 is 34.4 Å². The molecule has 1 aliphatic heterocycles. The van der Waals surface area contributed by atoms with E-state index in [9.17, 15) is 4.79 Å². The van der Waals surface area contributed by atoms with Gasteiger partial charge in [-0.05, 0) is 35.4 Å². The van der Waals surface area contributed by atoms with Gasteiger partial charge in [-0.15, -0.1) is 32.9 Å². The zero-order valence-corrected chi connectivity index (χ0v) is 20.1. The largest absolute Gasteiger partial charge is 0.305 e. The molecular formula is C23H21N5OS3. The molecule has 1 aromatic carbocycles. The van der Waals surface area contributed by atoms with Gasteiger partial charge in [-0.2, -0.15) is 5.10 Å². The monoisotopic (exact) mass is 479 g/mol. The van der Waals surface area contributed by atoms with E-state index in [1.54, 1.807) is 27.7 Å². The molecule has 4 aromatic rings. The number of carbonyl (C=O) groups excluding carboxylic acids is 1. The molecule has 1 amide bonds. The van der Waals surface area contributed by atoms with Crippen LogP contribution in [-0.4, -0.2) is 37.1 Å². The number of thioether (sulfide) groups is 1. The molecule has 4 heterocycles. The van der Waals surface area contributed by atoms with Gasteiger partial charge in [0.1, 0.15) is 0 Å². The minimum atomic E-state index is -0.0535. The Kier molecular flexibility index (Phi) is 5.95. The fourth-order valence-electron chi connectivity index (χ4n) is 3.73. The minimum absolute atomic E-state index is 0.0274. The third-order valence-corrected chi connectivity index (χ3v) is 8.29. The fraction of sp³-hybridized carbons (Fsp3) is 0.217. The van der Waals surface area contributed by atoms with Crippen molar-refractivity contribution in [3.8, 4) is 11.4 Å². The van der Waals surface area contributed by atoms with Gasteiger partial charge in [-0.25, -0.2) is 5.01 Å². The lowest BCUT2D eigenvalue weighted by atomic mass is 10.1. The Morgan fingerprint density at radius 2 is 1.91 bits per heavy atom. The number of benzene rings is 1. The SMILES string of the molecule is Cc1ccccc1-c1nnc(SCC(=O)N2N=C(c3cccs3)C[C@@H]2c2cccs2)n1C. The first-order valence-corrected chi connectivity index (χ1v) is 12.9. The maximum Gasteiger partial charge on any atom is 0.253 e. The lowest BCUT2D eigenvalue weighted by Gasteiger charge is -2.20. The normalized spacial score (nSPS) is 15.9. The number of thiophene rings is 2. The zero-order valence-electron chi connectivity index (χ0n) is 17.6. The lowest BCUT2D eigenvalue weighted by Crippen LogP contribution is -2.28. The number of aryl methyl sites for hydroxylation is 1. The average Bonchev–Trinajstić information content (AvgIpc) is 3.59. The minimum Gasteiger partial charge on any atom is -0.305 e. The van der Waals surface area contributed by atoms with Crippen LogP contribution in [-0.2, 0) is 11.8 Å². The predicted molar refractivity (Wildman–Crippen MR) is 131 cm³/mol. The summed E-state index contributed by atoms with van der Waals surface area (Å²) in [5, 5.41) is 19.9. The molecule has 0 radical (unpaired) electrons. The molecule has 32 heavy (non-hydrogen) atoms. The van der Waals surface area contributed by atoms with Crippen LogP contribution in [0.1, 0.15) is 27.8 Å². The van der Waals surface area contributed by atoms with Gasteiger partial charge >= 0.3 is 0 Å². The van der Waals surface area contributed by atoms with Crippen molar-refractivity contribution in [1.29, 1.82) is 0 Å². The number of hydrazone groups is 1. The number of hydrogen-bond donors (Lipinski definition) is 0. The summed E-state index contributed by atoms with van der Waals surface area (Å²) in [6.45, 7) is 2.06. The molecule has 0 N–H and O–H groups in total. The van der Waals surface area contributed by atoms with E-state index < -0.39 is 0 Å². The molecule has 9 heteroatoms. The summed E-state index contributed by atoms with van der Waals surface area (Å²) < 4.78 is 1.95. The van der Waals surface area contributed by atoms with Gasteiger partial charge in [-0.3, -0.25) is 4.79 Å². The molecule has 0 unspecified atom stereocenters. The number of nitrogens with zero attached hydrogens (tertiary/aromatic N) is 5. The number of amides is 1. The van der Waals surface area contributed by atoms with Gasteiger partial charge in [-0.1, -0.05) is 48.2 Å². The van der Waals surface area contributed by atoms with E-state index >= 15 is 0 Å². The Bertz CT molecular complexity index is 1260. The second-order valence-corrected chi connectivity index (χ2v) is 10.3. The highest BCUT2D eigenvalue weighted by molar-refractivity contribution is 7.99. The number of rotatable bonds is 6. The highest BCUT2D eigenvalue weighted by atomic mass is 32.2. The molecule has 0 aliphatic carbocycles. The standard InChI is InChI=1S/C23H21N5OS3/c1-15-7-3-4-8-16(15)22-24-25-23(27(22)2)32-14-21(29)28-18(20-10-6-12-31-20)13-17(26-28)19-9-5-11-30-19/h3-12,18H,13-14H2,1-2H3/t18-/m1/s1. The van der Waals surface area contributed by atoms with E-state index in [1.807, 2.05) is 52.7 Å². The first-order chi connectivity index (χ1) is 15.6. The van der Waals surface area contributed by atoms with Gasteiger partial charge in [0.15, 0.2) is 11.0 Å². The second-order valence-electron chi connectivity index (χ2n) is 7.47. The Labute approximate surface area is 198 Å². The van der Waals surface area contributed by atoms with Gasteiger partial charge in [0, 0.05) is 23.9 Å². The van der Waals surface area contributed by atoms with Crippen molar-refractivity contribution in [3.05, 3.63) is 74.6 Å². The average molecular weight is 480 g/mol. The molecular weight excluding hydrogens is 458 g/mol. The Morgan fingerprint density at radius 1 is 1.09 bits per heavy atom. The van der Waals surface area contributed by atoms with Crippen molar-refractivity contribution in [1.82, 2.24) is 19.8 Å². The number of hydrogen-bond acceptors (Lipinski definition) is 7. The van der Waals surface area contributed by atoms with E-state index in [0.29, 0.717) is 5.16 Å². The molecule has 6 nitrogen and oxygen atoms in total. The summed E-state index contributed by atoms with van der Waals surface area (Å²) >= 11 is 4.71. The quantitative estimate of drug-likeness (QED) is 0.348. The molecule has 3 aromatic heterocycles. The summed E-state index contributed by atoms with van der Waals surface area (Å²) in [5.41, 5.74) is 3.15. The summed E-state index contributed by atoms with van der Waals surface area (Å²) in [5.74, 6) is 1.03.